The minimum absolute atomic E-state index is 0.395. The van der Waals surface area contributed by atoms with Gasteiger partial charge in [-0.25, -0.2) is 0 Å². The van der Waals surface area contributed by atoms with Crippen LogP contribution in [0.4, 0.5) is 0 Å². The Hall–Kier alpha value is -1.08. The number of benzene rings is 1. The largest absolute Gasteiger partial charge is 0.384 e. The molecule has 1 heteroatoms. The lowest BCUT2D eigenvalue weighted by molar-refractivity contribution is 0.228. The molecule has 10 heavy (non-hydrogen) atoms. The summed E-state index contributed by atoms with van der Waals surface area (Å²) in [6, 6.07) is 7.89. The lowest BCUT2D eigenvalue weighted by Crippen LogP contribution is -1.96. The number of aliphatic hydroxyl groups excluding tert-OH is 1. The van der Waals surface area contributed by atoms with Crippen molar-refractivity contribution < 1.29 is 5.11 Å². The van der Waals surface area contributed by atoms with Crippen LogP contribution < -0.4 is 0 Å². The average Bonchev–Trinajstić information content (AvgIpc) is 1.99. The van der Waals surface area contributed by atoms with Crippen LogP contribution in [0.25, 0.3) is 6.08 Å². The second-order valence-corrected chi connectivity index (χ2v) is 2.47. The first-order valence-corrected chi connectivity index (χ1v) is 3.32. The van der Waals surface area contributed by atoms with Gasteiger partial charge in [0.15, 0.2) is 0 Å². The van der Waals surface area contributed by atoms with Crippen LogP contribution in [0.5, 0.6) is 0 Å². The molecule has 1 unspecified atom stereocenters. The Labute approximate surface area is 59.6 Å². The molecule has 0 heterocycles. The van der Waals surface area contributed by atoms with Gasteiger partial charge < -0.3 is 5.11 Å². The van der Waals surface area contributed by atoms with Crippen molar-refractivity contribution in [3.8, 4) is 0 Å². The molecule has 0 spiro atoms. The fraction of sp³-hybridized carbons (Fsp3) is 0.111. The molecule has 2 rings (SSSR count). The number of aliphatic hydroxyl groups is 1. The Bertz CT molecular complexity index is 276. The number of hydrogen-bond donors (Lipinski definition) is 1. The van der Waals surface area contributed by atoms with Crippen molar-refractivity contribution in [2.45, 2.75) is 6.10 Å². The lowest BCUT2D eigenvalue weighted by Gasteiger charge is -2.11. The van der Waals surface area contributed by atoms with Crippen LogP contribution in [0.3, 0.4) is 0 Å². The monoisotopic (exact) mass is 132 g/mol. The highest BCUT2D eigenvalue weighted by Crippen LogP contribution is 2.21. The first-order valence-electron chi connectivity index (χ1n) is 3.32. The first-order chi connectivity index (χ1) is 4.86. The average molecular weight is 132 g/mol. The molecule has 0 saturated carbocycles. The summed E-state index contributed by atoms with van der Waals surface area (Å²) >= 11 is 0. The Balaban J connectivity index is 2.59. The third-order valence-electron chi connectivity index (χ3n) is 1.72. The molecule has 50 valence electrons. The van der Waals surface area contributed by atoms with E-state index in [0.29, 0.717) is 0 Å². The van der Waals surface area contributed by atoms with Gasteiger partial charge in [0.25, 0.3) is 0 Å². The molecule has 1 aliphatic carbocycles. The molecule has 1 atom stereocenters. The SMILES string of the molecule is OC1C=Cc2cccc1c2. The van der Waals surface area contributed by atoms with Crippen molar-refractivity contribution in [1.29, 1.82) is 0 Å². The van der Waals surface area contributed by atoms with Crippen LogP contribution in [-0.4, -0.2) is 5.11 Å². The summed E-state index contributed by atoms with van der Waals surface area (Å²) in [4.78, 5) is 0. The zero-order valence-corrected chi connectivity index (χ0v) is 5.49. The van der Waals surface area contributed by atoms with Crippen LogP contribution in [0.1, 0.15) is 17.2 Å². The van der Waals surface area contributed by atoms with E-state index in [-0.39, 0.29) is 0 Å². The molecular weight excluding hydrogens is 124 g/mol. The number of hydrogen-bond acceptors (Lipinski definition) is 1. The topological polar surface area (TPSA) is 20.2 Å². The maximum atomic E-state index is 9.29. The van der Waals surface area contributed by atoms with E-state index in [9.17, 15) is 5.11 Å². The van der Waals surface area contributed by atoms with Gasteiger partial charge >= 0.3 is 0 Å². The summed E-state index contributed by atoms with van der Waals surface area (Å²) in [6.07, 6.45) is 3.33. The molecule has 0 aliphatic heterocycles. The minimum atomic E-state index is -0.395. The van der Waals surface area contributed by atoms with Crippen LogP contribution >= 0.6 is 0 Å². The molecule has 0 radical (unpaired) electrons. The normalized spacial score (nSPS) is 21.1. The highest BCUT2D eigenvalue weighted by Gasteiger charge is 2.06. The standard InChI is InChI=1S/C9H8O/c10-9-5-4-7-2-1-3-8(9)6-7/h1-6,9-10H. The van der Waals surface area contributed by atoms with Crippen molar-refractivity contribution in [2.24, 2.45) is 0 Å². The van der Waals surface area contributed by atoms with E-state index < -0.39 is 6.10 Å². The molecule has 0 aromatic heterocycles. The highest BCUT2D eigenvalue weighted by atomic mass is 16.3. The Kier molecular flexibility index (Phi) is 1.11. The second-order valence-electron chi connectivity index (χ2n) is 2.47. The van der Waals surface area contributed by atoms with Gasteiger partial charge in [-0.15, -0.1) is 0 Å². The van der Waals surface area contributed by atoms with Crippen LogP contribution in [-0.2, 0) is 0 Å². The number of fused-ring (bicyclic) bond motifs is 2. The van der Waals surface area contributed by atoms with E-state index in [1.807, 2.05) is 30.3 Å². The molecule has 1 aliphatic rings. The number of rotatable bonds is 0. The van der Waals surface area contributed by atoms with Gasteiger partial charge in [-0.1, -0.05) is 30.4 Å². The van der Waals surface area contributed by atoms with Crippen molar-refractivity contribution in [1.82, 2.24) is 0 Å². The second kappa shape index (κ2) is 1.96. The summed E-state index contributed by atoms with van der Waals surface area (Å²) in [5.74, 6) is 0. The van der Waals surface area contributed by atoms with E-state index in [4.69, 9.17) is 0 Å². The summed E-state index contributed by atoms with van der Waals surface area (Å²) in [5.41, 5.74) is 2.16. The van der Waals surface area contributed by atoms with Crippen molar-refractivity contribution in [2.75, 3.05) is 0 Å². The molecule has 1 aromatic rings. The Morgan fingerprint density at radius 3 is 3.00 bits per heavy atom. The predicted octanol–water partition coefficient (Wildman–Crippen LogP) is 1.75. The summed E-state index contributed by atoms with van der Waals surface area (Å²) in [5, 5.41) is 9.29. The minimum Gasteiger partial charge on any atom is -0.384 e. The molecular formula is C9H8O. The summed E-state index contributed by atoms with van der Waals surface area (Å²) < 4.78 is 0. The quantitative estimate of drug-likeness (QED) is 0.570. The molecule has 0 fully saturated rings. The van der Waals surface area contributed by atoms with E-state index in [1.54, 1.807) is 6.08 Å². The van der Waals surface area contributed by atoms with Gasteiger partial charge in [-0.2, -0.15) is 0 Å². The molecule has 1 nitrogen and oxygen atoms in total. The van der Waals surface area contributed by atoms with Gasteiger partial charge in [-0.3, -0.25) is 0 Å². The smallest absolute Gasteiger partial charge is 0.0975 e. The lowest BCUT2D eigenvalue weighted by atomic mass is 10.0. The van der Waals surface area contributed by atoms with Gasteiger partial charge in [-0.05, 0) is 17.2 Å². The van der Waals surface area contributed by atoms with Crippen molar-refractivity contribution >= 4 is 6.08 Å². The van der Waals surface area contributed by atoms with Gasteiger partial charge in [0.2, 0.25) is 0 Å². The molecule has 2 bridgehead atoms. The molecule has 0 saturated heterocycles. The zero-order valence-electron chi connectivity index (χ0n) is 5.49. The fourth-order valence-electron chi connectivity index (χ4n) is 1.16. The van der Waals surface area contributed by atoms with Crippen LogP contribution in [0.2, 0.25) is 0 Å². The van der Waals surface area contributed by atoms with E-state index in [0.717, 1.165) is 5.56 Å². The van der Waals surface area contributed by atoms with Gasteiger partial charge in [0.1, 0.15) is 0 Å². The van der Waals surface area contributed by atoms with Gasteiger partial charge in [0.05, 0.1) is 6.10 Å². The van der Waals surface area contributed by atoms with E-state index in [2.05, 4.69) is 0 Å². The maximum absolute atomic E-state index is 9.29. The first kappa shape index (κ1) is 5.69. The molecule has 1 aromatic carbocycles. The van der Waals surface area contributed by atoms with E-state index in [1.165, 1.54) is 5.56 Å². The fourth-order valence-corrected chi connectivity index (χ4v) is 1.16. The van der Waals surface area contributed by atoms with Crippen LogP contribution in [0.15, 0.2) is 30.3 Å². The van der Waals surface area contributed by atoms with Gasteiger partial charge in [0, 0.05) is 0 Å². The third-order valence-corrected chi connectivity index (χ3v) is 1.72. The Morgan fingerprint density at radius 1 is 1.30 bits per heavy atom. The van der Waals surface area contributed by atoms with Crippen LogP contribution in [0, 0.1) is 0 Å². The molecule has 1 N–H and O–H groups in total. The predicted molar refractivity (Wildman–Crippen MR) is 40.4 cm³/mol. The highest BCUT2D eigenvalue weighted by molar-refractivity contribution is 5.55. The van der Waals surface area contributed by atoms with E-state index >= 15 is 0 Å². The van der Waals surface area contributed by atoms with Crippen molar-refractivity contribution in [3.05, 3.63) is 41.5 Å². The summed E-state index contributed by atoms with van der Waals surface area (Å²) in [7, 11) is 0. The summed E-state index contributed by atoms with van der Waals surface area (Å²) in [6.45, 7) is 0. The zero-order chi connectivity index (χ0) is 6.97. The maximum Gasteiger partial charge on any atom is 0.0975 e. The third kappa shape index (κ3) is 0.755. The molecule has 0 amide bonds. The van der Waals surface area contributed by atoms with Crippen molar-refractivity contribution in [3.63, 3.8) is 0 Å². The Morgan fingerprint density at radius 2 is 2.20 bits per heavy atom.